The van der Waals surface area contributed by atoms with Crippen molar-refractivity contribution in [1.82, 2.24) is 20.2 Å². The van der Waals surface area contributed by atoms with Crippen LogP contribution in [0.1, 0.15) is 11.1 Å². The number of hydrogen-bond acceptors (Lipinski definition) is 4. The zero-order valence-corrected chi connectivity index (χ0v) is 12.5. The molecule has 0 saturated heterocycles. The molecular weight excluding hydrogens is 286 g/mol. The molecule has 3 aromatic rings. The van der Waals surface area contributed by atoms with Gasteiger partial charge in [-0.1, -0.05) is 35.4 Å². The smallest absolute Gasteiger partial charge is 0.189 e. The standard InChI is InChI=1S/C15H14ClN5/c1-9-6-7-13(17)11(8-9)15-18-19-20-21(15)14-10(2)4-3-5-12(14)16/h3-8H,17H2,1-2H3. The zero-order valence-electron chi connectivity index (χ0n) is 11.7. The lowest BCUT2D eigenvalue weighted by atomic mass is 10.1. The maximum atomic E-state index is 6.30. The van der Waals surface area contributed by atoms with Crippen LogP contribution in [0, 0.1) is 13.8 Å². The molecule has 106 valence electrons. The lowest BCUT2D eigenvalue weighted by molar-refractivity contribution is 0.787. The summed E-state index contributed by atoms with van der Waals surface area (Å²) in [5, 5.41) is 12.6. The molecule has 0 radical (unpaired) electrons. The van der Waals surface area contributed by atoms with Crippen LogP contribution in [0.3, 0.4) is 0 Å². The van der Waals surface area contributed by atoms with Gasteiger partial charge >= 0.3 is 0 Å². The van der Waals surface area contributed by atoms with Gasteiger partial charge in [0, 0.05) is 11.3 Å². The Morgan fingerprint density at radius 1 is 1.14 bits per heavy atom. The molecule has 0 amide bonds. The van der Waals surface area contributed by atoms with Crippen molar-refractivity contribution in [3.05, 3.63) is 52.5 Å². The number of halogens is 1. The summed E-state index contributed by atoms with van der Waals surface area (Å²) in [7, 11) is 0. The van der Waals surface area contributed by atoms with Gasteiger partial charge in [-0.25, -0.2) is 0 Å². The highest BCUT2D eigenvalue weighted by Gasteiger charge is 2.17. The molecule has 1 aromatic heterocycles. The van der Waals surface area contributed by atoms with Gasteiger partial charge in [-0.3, -0.25) is 0 Å². The van der Waals surface area contributed by atoms with Gasteiger partial charge in [0.2, 0.25) is 0 Å². The van der Waals surface area contributed by atoms with E-state index in [9.17, 15) is 0 Å². The number of anilines is 1. The molecule has 0 unspecified atom stereocenters. The molecule has 0 atom stereocenters. The van der Waals surface area contributed by atoms with Gasteiger partial charge < -0.3 is 5.73 Å². The second-order valence-electron chi connectivity index (χ2n) is 4.91. The molecule has 0 fully saturated rings. The number of rotatable bonds is 2. The summed E-state index contributed by atoms with van der Waals surface area (Å²) in [5.74, 6) is 0.576. The van der Waals surface area contributed by atoms with Crippen LogP contribution in [-0.2, 0) is 0 Å². The van der Waals surface area contributed by atoms with Crippen LogP contribution in [0.2, 0.25) is 5.02 Å². The third-order valence-electron chi connectivity index (χ3n) is 3.32. The van der Waals surface area contributed by atoms with Crippen molar-refractivity contribution in [2.75, 3.05) is 5.73 Å². The predicted octanol–water partition coefficient (Wildman–Crippen LogP) is 3.18. The van der Waals surface area contributed by atoms with E-state index in [4.69, 9.17) is 17.3 Å². The summed E-state index contributed by atoms with van der Waals surface area (Å²) in [6, 6.07) is 11.4. The van der Waals surface area contributed by atoms with Gasteiger partial charge in [0.15, 0.2) is 5.82 Å². The van der Waals surface area contributed by atoms with Crippen molar-refractivity contribution in [3.63, 3.8) is 0 Å². The first kappa shape index (κ1) is 13.6. The summed E-state index contributed by atoms with van der Waals surface area (Å²) in [4.78, 5) is 0. The number of nitrogens with zero attached hydrogens (tertiary/aromatic N) is 4. The van der Waals surface area contributed by atoms with Crippen LogP contribution < -0.4 is 5.73 Å². The average molecular weight is 300 g/mol. The van der Waals surface area contributed by atoms with Crippen molar-refractivity contribution >= 4 is 17.3 Å². The first-order valence-electron chi connectivity index (χ1n) is 6.48. The molecule has 0 aliphatic rings. The molecule has 0 aliphatic carbocycles. The van der Waals surface area contributed by atoms with E-state index in [0.717, 1.165) is 22.4 Å². The SMILES string of the molecule is Cc1ccc(N)c(-c2nnnn2-c2c(C)cccc2Cl)c1. The second-order valence-corrected chi connectivity index (χ2v) is 5.32. The first-order valence-corrected chi connectivity index (χ1v) is 6.86. The number of tetrazole rings is 1. The third-order valence-corrected chi connectivity index (χ3v) is 3.62. The van der Waals surface area contributed by atoms with Gasteiger partial charge in [-0.2, -0.15) is 4.68 Å². The molecule has 21 heavy (non-hydrogen) atoms. The van der Waals surface area contributed by atoms with Gasteiger partial charge in [0.25, 0.3) is 0 Å². The fourth-order valence-corrected chi connectivity index (χ4v) is 2.56. The van der Waals surface area contributed by atoms with E-state index in [-0.39, 0.29) is 0 Å². The van der Waals surface area contributed by atoms with E-state index >= 15 is 0 Å². The average Bonchev–Trinajstić information content (AvgIpc) is 2.90. The predicted molar refractivity (Wildman–Crippen MR) is 83.5 cm³/mol. The summed E-state index contributed by atoms with van der Waals surface area (Å²) in [5.41, 5.74) is 10.3. The third kappa shape index (κ3) is 2.36. The first-order chi connectivity index (χ1) is 10.1. The zero-order chi connectivity index (χ0) is 15.0. The number of nitrogen functional groups attached to an aromatic ring is 1. The van der Waals surface area contributed by atoms with Crippen LogP contribution in [0.4, 0.5) is 5.69 Å². The molecule has 0 bridgehead atoms. The van der Waals surface area contributed by atoms with Gasteiger partial charge in [-0.15, -0.1) is 5.10 Å². The fourth-order valence-electron chi connectivity index (χ4n) is 2.26. The van der Waals surface area contributed by atoms with Crippen molar-refractivity contribution < 1.29 is 0 Å². The highest BCUT2D eigenvalue weighted by Crippen LogP contribution is 2.30. The van der Waals surface area contributed by atoms with E-state index in [1.54, 1.807) is 4.68 Å². The topological polar surface area (TPSA) is 69.6 Å². The highest BCUT2D eigenvalue weighted by atomic mass is 35.5. The van der Waals surface area contributed by atoms with E-state index in [0.29, 0.717) is 16.5 Å². The largest absolute Gasteiger partial charge is 0.398 e. The van der Waals surface area contributed by atoms with E-state index in [2.05, 4.69) is 15.5 Å². The molecule has 2 N–H and O–H groups in total. The van der Waals surface area contributed by atoms with Crippen LogP contribution in [0.5, 0.6) is 0 Å². The minimum atomic E-state index is 0.576. The summed E-state index contributed by atoms with van der Waals surface area (Å²) in [6.07, 6.45) is 0. The van der Waals surface area contributed by atoms with Gasteiger partial charge in [-0.05, 0) is 48.0 Å². The lowest BCUT2D eigenvalue weighted by Gasteiger charge is -2.11. The number of para-hydroxylation sites is 1. The van der Waals surface area contributed by atoms with Crippen LogP contribution >= 0.6 is 11.6 Å². The fraction of sp³-hybridized carbons (Fsp3) is 0.133. The Labute approximate surface area is 127 Å². The Kier molecular flexibility index (Phi) is 3.35. The van der Waals surface area contributed by atoms with Crippen molar-refractivity contribution in [2.24, 2.45) is 0 Å². The van der Waals surface area contributed by atoms with Crippen LogP contribution in [0.15, 0.2) is 36.4 Å². The molecule has 0 aliphatic heterocycles. The number of benzene rings is 2. The van der Waals surface area contributed by atoms with Crippen molar-refractivity contribution in [3.8, 4) is 17.1 Å². The Bertz CT molecular complexity index is 789. The molecule has 5 nitrogen and oxygen atoms in total. The lowest BCUT2D eigenvalue weighted by Crippen LogP contribution is -2.04. The van der Waals surface area contributed by atoms with Gasteiger partial charge in [0.05, 0.1) is 10.7 Å². The van der Waals surface area contributed by atoms with Crippen LogP contribution in [-0.4, -0.2) is 20.2 Å². The molecule has 3 rings (SSSR count). The summed E-state index contributed by atoms with van der Waals surface area (Å²) < 4.78 is 1.63. The Morgan fingerprint density at radius 3 is 2.71 bits per heavy atom. The van der Waals surface area contributed by atoms with E-state index in [1.165, 1.54) is 0 Å². The summed E-state index contributed by atoms with van der Waals surface area (Å²) in [6.45, 7) is 3.96. The van der Waals surface area contributed by atoms with Crippen molar-refractivity contribution in [1.29, 1.82) is 0 Å². The molecule has 6 heteroatoms. The van der Waals surface area contributed by atoms with Gasteiger partial charge in [0.1, 0.15) is 0 Å². The maximum absolute atomic E-state index is 6.30. The Morgan fingerprint density at radius 2 is 1.95 bits per heavy atom. The normalized spacial score (nSPS) is 10.8. The highest BCUT2D eigenvalue weighted by molar-refractivity contribution is 6.32. The molecule has 0 saturated carbocycles. The number of aromatic nitrogens is 4. The van der Waals surface area contributed by atoms with Crippen LogP contribution in [0.25, 0.3) is 17.1 Å². The van der Waals surface area contributed by atoms with Crippen molar-refractivity contribution in [2.45, 2.75) is 13.8 Å². The number of aryl methyl sites for hydroxylation is 2. The number of hydrogen-bond donors (Lipinski definition) is 1. The number of nitrogens with two attached hydrogens (primary N) is 1. The quantitative estimate of drug-likeness (QED) is 0.738. The monoisotopic (exact) mass is 299 g/mol. The van der Waals surface area contributed by atoms with E-state index in [1.807, 2.05) is 50.2 Å². The minimum Gasteiger partial charge on any atom is -0.398 e. The molecule has 1 heterocycles. The molecular formula is C15H14ClN5. The molecule has 2 aromatic carbocycles. The second kappa shape index (κ2) is 5.18. The maximum Gasteiger partial charge on any atom is 0.189 e. The summed E-state index contributed by atoms with van der Waals surface area (Å²) >= 11 is 6.30. The Balaban J connectivity index is 2.25. The van der Waals surface area contributed by atoms with E-state index < -0.39 is 0 Å². The molecule has 0 spiro atoms. The Hall–Kier alpha value is -2.40. The minimum absolute atomic E-state index is 0.576.